The third-order valence-electron chi connectivity index (χ3n) is 3.08. The molecule has 0 aliphatic rings. The highest BCUT2D eigenvalue weighted by molar-refractivity contribution is 5.93. The third kappa shape index (κ3) is 3.06. The van der Waals surface area contributed by atoms with Gasteiger partial charge in [-0.05, 0) is 30.7 Å². The molecule has 0 unspecified atom stereocenters. The lowest BCUT2D eigenvalue weighted by Crippen LogP contribution is -2.20. The first-order chi connectivity index (χ1) is 9.47. The van der Waals surface area contributed by atoms with E-state index in [4.69, 9.17) is 11.5 Å². The number of aryl methyl sites for hydroxylation is 1. The van der Waals surface area contributed by atoms with Gasteiger partial charge >= 0.3 is 0 Å². The highest BCUT2D eigenvalue weighted by Gasteiger charge is 2.10. The number of nitrogen functional groups attached to an aromatic ring is 1. The lowest BCUT2D eigenvalue weighted by Gasteiger charge is -2.20. The summed E-state index contributed by atoms with van der Waals surface area (Å²) in [6, 6.07) is 11.0. The van der Waals surface area contributed by atoms with Crippen molar-refractivity contribution in [1.29, 1.82) is 0 Å². The van der Waals surface area contributed by atoms with E-state index in [1.807, 2.05) is 43.1 Å². The summed E-state index contributed by atoms with van der Waals surface area (Å²) in [4.78, 5) is 17.7. The van der Waals surface area contributed by atoms with Crippen molar-refractivity contribution >= 4 is 17.4 Å². The largest absolute Gasteiger partial charge is 0.398 e. The third-order valence-corrected chi connectivity index (χ3v) is 3.08. The Balaban J connectivity index is 2.27. The average Bonchev–Trinajstić information content (AvgIpc) is 2.40. The number of carbonyl (C=O) groups is 1. The van der Waals surface area contributed by atoms with Crippen molar-refractivity contribution < 1.29 is 4.79 Å². The Morgan fingerprint density at radius 3 is 2.65 bits per heavy atom. The number of primary amides is 1. The second-order valence-electron chi connectivity index (χ2n) is 4.77. The fraction of sp³-hybridized carbons (Fsp3) is 0.200. The molecule has 4 N–H and O–H groups in total. The summed E-state index contributed by atoms with van der Waals surface area (Å²) in [5.41, 5.74) is 14.2. The van der Waals surface area contributed by atoms with E-state index >= 15 is 0 Å². The van der Waals surface area contributed by atoms with E-state index < -0.39 is 5.91 Å². The van der Waals surface area contributed by atoms with Crippen LogP contribution in [0.2, 0.25) is 0 Å². The van der Waals surface area contributed by atoms with Crippen molar-refractivity contribution in [2.24, 2.45) is 5.73 Å². The zero-order valence-electron chi connectivity index (χ0n) is 11.6. The van der Waals surface area contributed by atoms with E-state index in [0.29, 0.717) is 17.9 Å². The molecule has 1 aromatic carbocycles. The van der Waals surface area contributed by atoms with Crippen LogP contribution in [0.3, 0.4) is 0 Å². The van der Waals surface area contributed by atoms with Gasteiger partial charge in [0.15, 0.2) is 0 Å². The van der Waals surface area contributed by atoms with Gasteiger partial charge in [-0.1, -0.05) is 18.2 Å². The van der Waals surface area contributed by atoms with Gasteiger partial charge in [0, 0.05) is 30.5 Å². The van der Waals surface area contributed by atoms with Gasteiger partial charge in [-0.15, -0.1) is 0 Å². The Bertz CT molecular complexity index is 640. The van der Waals surface area contributed by atoms with Crippen molar-refractivity contribution in [1.82, 2.24) is 4.98 Å². The number of hydrogen-bond donors (Lipinski definition) is 2. The van der Waals surface area contributed by atoms with Gasteiger partial charge in [-0.2, -0.15) is 0 Å². The summed E-state index contributed by atoms with van der Waals surface area (Å²) in [6.07, 6.45) is 0. The monoisotopic (exact) mass is 270 g/mol. The van der Waals surface area contributed by atoms with Crippen molar-refractivity contribution in [2.75, 3.05) is 17.7 Å². The van der Waals surface area contributed by atoms with Crippen LogP contribution in [-0.4, -0.2) is 17.9 Å². The average molecular weight is 270 g/mol. The van der Waals surface area contributed by atoms with Crippen LogP contribution in [-0.2, 0) is 6.54 Å². The maximum Gasteiger partial charge on any atom is 0.248 e. The summed E-state index contributed by atoms with van der Waals surface area (Å²) >= 11 is 0. The SMILES string of the molecule is Cc1cc(C(N)=O)cc(N(C)Cc2ccccc2N)n1. The normalized spacial score (nSPS) is 10.3. The van der Waals surface area contributed by atoms with Crippen LogP contribution < -0.4 is 16.4 Å². The smallest absolute Gasteiger partial charge is 0.248 e. The topological polar surface area (TPSA) is 85.2 Å². The fourth-order valence-corrected chi connectivity index (χ4v) is 2.00. The molecule has 0 fully saturated rings. The number of nitrogens with two attached hydrogens (primary N) is 2. The van der Waals surface area contributed by atoms with E-state index in [1.54, 1.807) is 12.1 Å². The van der Waals surface area contributed by atoms with Gasteiger partial charge in [-0.25, -0.2) is 4.98 Å². The van der Waals surface area contributed by atoms with Gasteiger partial charge < -0.3 is 16.4 Å². The number of nitrogens with zero attached hydrogens (tertiary/aromatic N) is 2. The van der Waals surface area contributed by atoms with E-state index in [-0.39, 0.29) is 0 Å². The molecule has 1 amide bonds. The Kier molecular flexibility index (Phi) is 3.89. The molecule has 104 valence electrons. The first-order valence-corrected chi connectivity index (χ1v) is 6.30. The Morgan fingerprint density at radius 1 is 1.30 bits per heavy atom. The highest BCUT2D eigenvalue weighted by atomic mass is 16.1. The highest BCUT2D eigenvalue weighted by Crippen LogP contribution is 2.18. The number of pyridine rings is 1. The molecule has 5 nitrogen and oxygen atoms in total. The Morgan fingerprint density at radius 2 is 2.00 bits per heavy atom. The zero-order valence-corrected chi connectivity index (χ0v) is 11.6. The molecule has 0 aliphatic heterocycles. The number of carbonyl (C=O) groups excluding carboxylic acids is 1. The van der Waals surface area contributed by atoms with Crippen LogP contribution in [0.4, 0.5) is 11.5 Å². The van der Waals surface area contributed by atoms with Crippen molar-refractivity contribution in [2.45, 2.75) is 13.5 Å². The summed E-state index contributed by atoms with van der Waals surface area (Å²) in [5.74, 6) is 0.242. The minimum absolute atomic E-state index is 0.454. The molecule has 1 aromatic heterocycles. The predicted molar refractivity (Wildman–Crippen MR) is 80.5 cm³/mol. The Labute approximate surface area is 118 Å². The fourth-order valence-electron chi connectivity index (χ4n) is 2.00. The van der Waals surface area contributed by atoms with Crippen LogP contribution >= 0.6 is 0 Å². The van der Waals surface area contributed by atoms with Crippen molar-refractivity contribution in [3.05, 3.63) is 53.2 Å². The molecule has 0 saturated heterocycles. The Hall–Kier alpha value is -2.56. The molecular weight excluding hydrogens is 252 g/mol. The first-order valence-electron chi connectivity index (χ1n) is 6.30. The summed E-state index contributed by atoms with van der Waals surface area (Å²) < 4.78 is 0. The maximum atomic E-state index is 11.3. The van der Waals surface area contributed by atoms with Crippen LogP contribution in [0.25, 0.3) is 0 Å². The number of hydrogen-bond acceptors (Lipinski definition) is 4. The number of rotatable bonds is 4. The minimum Gasteiger partial charge on any atom is -0.398 e. The molecule has 0 atom stereocenters. The molecule has 0 bridgehead atoms. The molecule has 2 rings (SSSR count). The molecule has 0 radical (unpaired) electrons. The zero-order chi connectivity index (χ0) is 14.7. The lowest BCUT2D eigenvalue weighted by molar-refractivity contribution is 0.1000. The molecular formula is C15H18N4O. The standard InChI is InChI=1S/C15H18N4O/c1-10-7-12(15(17)20)8-14(18-10)19(2)9-11-5-3-4-6-13(11)16/h3-8H,9,16H2,1-2H3,(H2,17,20). The number of benzene rings is 1. The van der Waals surface area contributed by atoms with E-state index in [1.165, 1.54) is 0 Å². The number of aromatic nitrogens is 1. The molecule has 1 heterocycles. The first kappa shape index (κ1) is 13.9. The van der Waals surface area contributed by atoms with Crippen LogP contribution in [0.1, 0.15) is 21.6 Å². The van der Waals surface area contributed by atoms with Gasteiger partial charge in [0.1, 0.15) is 5.82 Å². The molecule has 0 aliphatic carbocycles. The quantitative estimate of drug-likeness (QED) is 0.828. The van der Waals surface area contributed by atoms with Crippen molar-refractivity contribution in [3.8, 4) is 0 Å². The molecule has 2 aromatic rings. The molecule has 0 saturated carbocycles. The lowest BCUT2D eigenvalue weighted by atomic mass is 10.1. The van der Waals surface area contributed by atoms with Crippen molar-refractivity contribution in [3.63, 3.8) is 0 Å². The van der Waals surface area contributed by atoms with E-state index in [0.717, 1.165) is 16.9 Å². The minimum atomic E-state index is -0.454. The van der Waals surface area contributed by atoms with Gasteiger partial charge in [0.2, 0.25) is 5.91 Å². The maximum absolute atomic E-state index is 11.3. The second kappa shape index (κ2) is 5.61. The number of para-hydroxylation sites is 1. The van der Waals surface area contributed by atoms with Crippen LogP contribution in [0.5, 0.6) is 0 Å². The predicted octanol–water partition coefficient (Wildman–Crippen LogP) is 1.71. The van der Waals surface area contributed by atoms with Gasteiger partial charge in [0.05, 0.1) is 0 Å². The molecule has 20 heavy (non-hydrogen) atoms. The molecule has 5 heteroatoms. The summed E-state index contributed by atoms with van der Waals surface area (Å²) in [6.45, 7) is 2.45. The van der Waals surface area contributed by atoms with Gasteiger partial charge in [-0.3, -0.25) is 4.79 Å². The van der Waals surface area contributed by atoms with Gasteiger partial charge in [0.25, 0.3) is 0 Å². The molecule has 0 spiro atoms. The summed E-state index contributed by atoms with van der Waals surface area (Å²) in [7, 11) is 1.90. The van der Waals surface area contributed by atoms with E-state index in [2.05, 4.69) is 4.98 Å². The van der Waals surface area contributed by atoms with E-state index in [9.17, 15) is 4.79 Å². The summed E-state index contributed by atoms with van der Waals surface area (Å²) in [5, 5.41) is 0. The number of anilines is 2. The number of amides is 1. The second-order valence-corrected chi connectivity index (χ2v) is 4.77. The van der Waals surface area contributed by atoms with Crippen LogP contribution in [0.15, 0.2) is 36.4 Å². The van der Waals surface area contributed by atoms with Crippen LogP contribution in [0, 0.1) is 6.92 Å².